The van der Waals surface area contributed by atoms with Crippen molar-refractivity contribution in [1.29, 1.82) is 0 Å². The number of carbonyl (C=O) groups is 2. The Bertz CT molecular complexity index is 641. The van der Waals surface area contributed by atoms with E-state index in [4.69, 9.17) is 5.21 Å². The zero-order valence-corrected chi connectivity index (χ0v) is 13.8. The van der Waals surface area contributed by atoms with Crippen LogP contribution in [0.25, 0.3) is 0 Å². The van der Waals surface area contributed by atoms with E-state index in [0.29, 0.717) is 17.9 Å². The molecule has 0 radical (unpaired) electrons. The number of hydrogen-bond acceptors (Lipinski definition) is 3. The van der Waals surface area contributed by atoms with Gasteiger partial charge >= 0.3 is 0 Å². The van der Waals surface area contributed by atoms with E-state index >= 15 is 0 Å². The molecule has 2 aliphatic rings. The molecule has 1 fully saturated rings. The number of nitrogens with one attached hydrogen (secondary N) is 1. The molecule has 0 aromatic heterocycles. The van der Waals surface area contributed by atoms with Gasteiger partial charge in [-0.15, -0.1) is 0 Å². The number of aryl methyl sites for hydroxylation is 1. The maximum absolute atomic E-state index is 12.3. The smallest absolute Gasteiger partial charge is 0.274 e. The number of fused-ring (bicyclic) bond motifs is 1. The number of hydrogen-bond donors (Lipinski definition) is 2. The summed E-state index contributed by atoms with van der Waals surface area (Å²) in [6.07, 6.45) is 3.39. The number of likely N-dealkylation sites (tertiary alicyclic amines) is 1. The summed E-state index contributed by atoms with van der Waals surface area (Å²) < 4.78 is 0. The Morgan fingerprint density at radius 3 is 2.83 bits per heavy atom. The number of amides is 2. The van der Waals surface area contributed by atoms with Crippen LogP contribution in [-0.2, 0) is 17.6 Å². The highest BCUT2D eigenvalue weighted by atomic mass is 16.5. The molecule has 1 heterocycles. The molecule has 1 aromatic carbocycles. The number of nitrogens with zero attached hydrogens (tertiary/aromatic N) is 1. The van der Waals surface area contributed by atoms with Crippen molar-refractivity contribution in [3.8, 4) is 0 Å². The van der Waals surface area contributed by atoms with Crippen LogP contribution in [0.2, 0.25) is 0 Å². The van der Waals surface area contributed by atoms with E-state index in [0.717, 1.165) is 37.9 Å². The minimum Gasteiger partial charge on any atom is -0.342 e. The van der Waals surface area contributed by atoms with Gasteiger partial charge in [0.05, 0.1) is 0 Å². The van der Waals surface area contributed by atoms with Gasteiger partial charge in [-0.05, 0) is 48.4 Å². The first kappa shape index (κ1) is 16.0. The summed E-state index contributed by atoms with van der Waals surface area (Å²) in [5.41, 5.74) is 4.59. The first-order valence-electron chi connectivity index (χ1n) is 8.26. The largest absolute Gasteiger partial charge is 0.342 e. The molecule has 1 aromatic rings. The van der Waals surface area contributed by atoms with Crippen molar-refractivity contribution in [3.05, 3.63) is 34.9 Å². The molecule has 5 nitrogen and oxygen atoms in total. The fraction of sp³-hybridized carbons (Fsp3) is 0.556. The standard InChI is InChI=1S/C18H24N2O3/c1-12(2)10-20-11-18(9-16(20)21)6-5-13-7-14(17(22)19-23)3-4-15(13)8-18/h3-4,7,12,23H,5-6,8-11H2,1-2H3,(H,19,22). The van der Waals surface area contributed by atoms with Crippen molar-refractivity contribution in [2.45, 2.75) is 39.5 Å². The van der Waals surface area contributed by atoms with Gasteiger partial charge in [-0.3, -0.25) is 14.8 Å². The van der Waals surface area contributed by atoms with Crippen LogP contribution >= 0.6 is 0 Å². The number of hydroxylamine groups is 1. The fourth-order valence-corrected chi connectivity index (χ4v) is 4.00. The van der Waals surface area contributed by atoms with Crippen LogP contribution < -0.4 is 5.48 Å². The van der Waals surface area contributed by atoms with Crippen molar-refractivity contribution in [3.63, 3.8) is 0 Å². The molecule has 124 valence electrons. The molecular formula is C18H24N2O3. The molecule has 1 spiro atoms. The lowest BCUT2D eigenvalue weighted by Crippen LogP contribution is -2.34. The summed E-state index contributed by atoms with van der Waals surface area (Å²) >= 11 is 0. The predicted octanol–water partition coefficient (Wildman–Crippen LogP) is 2.17. The van der Waals surface area contributed by atoms with Crippen molar-refractivity contribution < 1.29 is 14.8 Å². The van der Waals surface area contributed by atoms with E-state index in [1.807, 2.05) is 17.0 Å². The van der Waals surface area contributed by atoms with Crippen LogP contribution in [0.5, 0.6) is 0 Å². The van der Waals surface area contributed by atoms with Crippen LogP contribution in [0.1, 0.15) is 48.2 Å². The van der Waals surface area contributed by atoms with Crippen LogP contribution in [0.4, 0.5) is 0 Å². The zero-order chi connectivity index (χ0) is 16.6. The van der Waals surface area contributed by atoms with Gasteiger partial charge < -0.3 is 4.90 Å². The van der Waals surface area contributed by atoms with Crippen LogP contribution in [-0.4, -0.2) is 35.0 Å². The van der Waals surface area contributed by atoms with Gasteiger partial charge in [0.1, 0.15) is 0 Å². The summed E-state index contributed by atoms with van der Waals surface area (Å²) in [7, 11) is 0. The van der Waals surface area contributed by atoms with Gasteiger partial charge in [0, 0.05) is 30.5 Å². The molecule has 0 saturated carbocycles. The Morgan fingerprint density at radius 1 is 1.35 bits per heavy atom. The number of benzene rings is 1. The van der Waals surface area contributed by atoms with E-state index in [1.165, 1.54) is 5.56 Å². The second-order valence-corrected chi connectivity index (χ2v) is 7.45. The number of carbonyl (C=O) groups excluding carboxylic acids is 2. The number of rotatable bonds is 3. The maximum Gasteiger partial charge on any atom is 0.274 e. The molecule has 3 rings (SSSR count). The van der Waals surface area contributed by atoms with E-state index in [-0.39, 0.29) is 11.3 Å². The van der Waals surface area contributed by atoms with Crippen molar-refractivity contribution in [1.82, 2.24) is 10.4 Å². The van der Waals surface area contributed by atoms with Crippen LogP contribution in [0, 0.1) is 11.3 Å². The Morgan fingerprint density at radius 2 is 2.13 bits per heavy atom. The first-order chi connectivity index (χ1) is 10.9. The Hall–Kier alpha value is -1.88. The topological polar surface area (TPSA) is 69.6 Å². The second-order valence-electron chi connectivity index (χ2n) is 7.45. The minimum atomic E-state index is -0.479. The fourth-order valence-electron chi connectivity index (χ4n) is 4.00. The van der Waals surface area contributed by atoms with Crippen molar-refractivity contribution in [2.24, 2.45) is 11.3 Å². The minimum absolute atomic E-state index is 0.0553. The maximum atomic E-state index is 12.3. The summed E-state index contributed by atoms with van der Waals surface area (Å²) in [6.45, 7) is 5.97. The molecule has 23 heavy (non-hydrogen) atoms. The lowest BCUT2D eigenvalue weighted by atomic mass is 9.70. The Kier molecular flexibility index (Phi) is 4.15. The predicted molar refractivity (Wildman–Crippen MR) is 86.2 cm³/mol. The van der Waals surface area contributed by atoms with Crippen molar-refractivity contribution in [2.75, 3.05) is 13.1 Å². The summed E-state index contributed by atoms with van der Waals surface area (Å²) in [6, 6.07) is 5.57. The second kappa shape index (κ2) is 5.96. The molecule has 1 aliphatic carbocycles. The lowest BCUT2D eigenvalue weighted by Gasteiger charge is -2.34. The Balaban J connectivity index is 1.78. The average Bonchev–Trinajstić information content (AvgIpc) is 2.80. The summed E-state index contributed by atoms with van der Waals surface area (Å²) in [4.78, 5) is 25.9. The monoisotopic (exact) mass is 316 g/mol. The molecule has 1 saturated heterocycles. The average molecular weight is 316 g/mol. The lowest BCUT2D eigenvalue weighted by molar-refractivity contribution is -0.128. The molecule has 1 atom stereocenters. The third-order valence-electron chi connectivity index (χ3n) is 5.05. The Labute approximate surface area is 136 Å². The third kappa shape index (κ3) is 3.11. The molecule has 1 aliphatic heterocycles. The molecule has 2 amide bonds. The van der Waals surface area contributed by atoms with E-state index < -0.39 is 5.91 Å². The van der Waals surface area contributed by atoms with Gasteiger partial charge in [-0.1, -0.05) is 19.9 Å². The van der Waals surface area contributed by atoms with Crippen LogP contribution in [0.3, 0.4) is 0 Å². The van der Waals surface area contributed by atoms with Gasteiger partial charge in [0.2, 0.25) is 5.91 Å². The normalized spacial score (nSPS) is 23.5. The molecule has 5 heteroatoms. The molecular weight excluding hydrogens is 292 g/mol. The first-order valence-corrected chi connectivity index (χ1v) is 8.26. The van der Waals surface area contributed by atoms with E-state index in [2.05, 4.69) is 13.8 Å². The SMILES string of the molecule is CC(C)CN1CC2(CCc3cc(C(=O)NO)ccc3C2)CC1=O. The van der Waals surface area contributed by atoms with Gasteiger partial charge in [0.15, 0.2) is 0 Å². The highest BCUT2D eigenvalue weighted by Gasteiger charge is 2.44. The van der Waals surface area contributed by atoms with Gasteiger partial charge in [-0.2, -0.15) is 0 Å². The van der Waals surface area contributed by atoms with E-state index in [9.17, 15) is 9.59 Å². The summed E-state index contributed by atoms with van der Waals surface area (Å²) in [5, 5.41) is 8.75. The molecule has 2 N–H and O–H groups in total. The van der Waals surface area contributed by atoms with Gasteiger partial charge in [0.25, 0.3) is 5.91 Å². The molecule has 0 bridgehead atoms. The zero-order valence-electron chi connectivity index (χ0n) is 13.8. The third-order valence-corrected chi connectivity index (χ3v) is 5.05. The highest BCUT2D eigenvalue weighted by molar-refractivity contribution is 5.93. The summed E-state index contributed by atoms with van der Waals surface area (Å²) in [5.74, 6) is 0.287. The van der Waals surface area contributed by atoms with Crippen LogP contribution in [0.15, 0.2) is 18.2 Å². The highest BCUT2D eigenvalue weighted by Crippen LogP contribution is 2.43. The van der Waals surface area contributed by atoms with Crippen molar-refractivity contribution >= 4 is 11.8 Å². The van der Waals surface area contributed by atoms with E-state index in [1.54, 1.807) is 11.5 Å². The van der Waals surface area contributed by atoms with Gasteiger partial charge in [-0.25, -0.2) is 5.48 Å². The molecule has 1 unspecified atom stereocenters. The quantitative estimate of drug-likeness (QED) is 0.663.